The van der Waals surface area contributed by atoms with Gasteiger partial charge in [-0.1, -0.05) is 12.2 Å². The highest BCUT2D eigenvalue weighted by atomic mass is 32.2. The molecule has 2 aromatic heterocycles. The number of aromatic nitrogens is 3. The van der Waals surface area contributed by atoms with Gasteiger partial charge in [0.2, 0.25) is 5.88 Å². The lowest BCUT2D eigenvalue weighted by atomic mass is 9.87. The molecule has 1 saturated carbocycles. The van der Waals surface area contributed by atoms with Gasteiger partial charge in [0.1, 0.15) is 11.6 Å². The van der Waals surface area contributed by atoms with Crippen LogP contribution in [0.2, 0.25) is 0 Å². The van der Waals surface area contributed by atoms with Gasteiger partial charge in [-0.25, -0.2) is 22.2 Å². The van der Waals surface area contributed by atoms with Gasteiger partial charge in [-0.05, 0) is 43.7 Å². The minimum absolute atomic E-state index is 0.0221. The number of hydrogen-bond donors (Lipinski definition) is 0. The summed E-state index contributed by atoms with van der Waals surface area (Å²) in [6, 6.07) is 4.36. The van der Waals surface area contributed by atoms with Gasteiger partial charge in [0, 0.05) is 12.5 Å². The van der Waals surface area contributed by atoms with E-state index in [2.05, 4.69) is 16.7 Å². The van der Waals surface area contributed by atoms with Crippen LogP contribution in [0, 0.1) is 17.2 Å². The Bertz CT molecular complexity index is 1060. The molecule has 1 aliphatic carbocycles. The van der Waals surface area contributed by atoms with Crippen LogP contribution in [0.25, 0.3) is 5.82 Å². The van der Waals surface area contributed by atoms with E-state index in [1.54, 1.807) is 6.07 Å². The Morgan fingerprint density at radius 3 is 2.76 bits per heavy atom. The Kier molecular flexibility index (Phi) is 5.98. The molecule has 1 fully saturated rings. The molecule has 154 valence electrons. The van der Waals surface area contributed by atoms with Crippen molar-refractivity contribution in [3.63, 3.8) is 0 Å². The number of ether oxygens (including phenoxy) is 1. The van der Waals surface area contributed by atoms with Crippen molar-refractivity contribution in [2.45, 2.75) is 37.0 Å². The Morgan fingerprint density at radius 1 is 1.45 bits per heavy atom. The SMILES string of the molecule is C=C1CCCC(COc2c(C#N)c(C(F)F)nn2-c2ccc(S(C)(=O)=O)cn2)C1. The lowest BCUT2D eigenvalue weighted by Gasteiger charge is -2.23. The molecule has 7 nitrogen and oxygen atoms in total. The van der Waals surface area contributed by atoms with Crippen LogP contribution >= 0.6 is 0 Å². The number of nitriles is 1. The van der Waals surface area contributed by atoms with Gasteiger partial charge in [-0.3, -0.25) is 0 Å². The minimum atomic E-state index is -3.47. The van der Waals surface area contributed by atoms with E-state index in [1.165, 1.54) is 12.1 Å². The Balaban J connectivity index is 1.97. The van der Waals surface area contributed by atoms with E-state index in [0.29, 0.717) is 0 Å². The zero-order valence-corrected chi connectivity index (χ0v) is 16.6. The molecule has 0 spiro atoms. The van der Waals surface area contributed by atoms with Crippen molar-refractivity contribution in [3.8, 4) is 17.8 Å². The summed E-state index contributed by atoms with van der Waals surface area (Å²) in [5, 5.41) is 13.2. The fourth-order valence-corrected chi connectivity index (χ4v) is 3.83. The molecule has 0 radical (unpaired) electrons. The monoisotopic (exact) mass is 422 g/mol. The minimum Gasteiger partial charge on any atom is -0.476 e. The zero-order valence-electron chi connectivity index (χ0n) is 15.8. The van der Waals surface area contributed by atoms with Crippen LogP contribution in [0.15, 0.2) is 35.4 Å². The largest absolute Gasteiger partial charge is 0.476 e. The summed E-state index contributed by atoms with van der Waals surface area (Å²) in [5.41, 5.74) is 0.0540. The van der Waals surface area contributed by atoms with Crippen LogP contribution in [-0.2, 0) is 9.84 Å². The third-order valence-corrected chi connectivity index (χ3v) is 5.83. The molecular formula is C19H20F2N4O3S. The van der Waals surface area contributed by atoms with E-state index in [-0.39, 0.29) is 34.7 Å². The molecule has 1 aliphatic rings. The average molecular weight is 422 g/mol. The van der Waals surface area contributed by atoms with E-state index in [4.69, 9.17) is 4.74 Å². The van der Waals surface area contributed by atoms with E-state index in [0.717, 1.165) is 48.4 Å². The number of nitrogens with zero attached hydrogens (tertiary/aromatic N) is 4. The maximum absolute atomic E-state index is 13.4. The zero-order chi connectivity index (χ0) is 21.2. The number of halogens is 2. The van der Waals surface area contributed by atoms with Gasteiger partial charge in [-0.15, -0.1) is 0 Å². The highest BCUT2D eigenvalue weighted by molar-refractivity contribution is 7.90. The van der Waals surface area contributed by atoms with Crippen LogP contribution in [0.4, 0.5) is 8.78 Å². The highest BCUT2D eigenvalue weighted by Crippen LogP contribution is 2.33. The van der Waals surface area contributed by atoms with Crippen molar-refractivity contribution < 1.29 is 21.9 Å². The predicted octanol–water partition coefficient (Wildman–Crippen LogP) is 3.61. The Hall–Kier alpha value is -2.80. The van der Waals surface area contributed by atoms with Crippen molar-refractivity contribution in [3.05, 3.63) is 41.7 Å². The molecule has 3 rings (SSSR count). The van der Waals surface area contributed by atoms with Gasteiger partial charge in [0.15, 0.2) is 21.3 Å². The summed E-state index contributed by atoms with van der Waals surface area (Å²) in [4.78, 5) is 3.98. The van der Waals surface area contributed by atoms with Gasteiger partial charge in [0.05, 0.1) is 11.5 Å². The fraction of sp³-hybridized carbons (Fsp3) is 0.421. The van der Waals surface area contributed by atoms with Gasteiger partial charge in [0.25, 0.3) is 6.43 Å². The summed E-state index contributed by atoms with van der Waals surface area (Å²) in [6.45, 7) is 4.22. The third-order valence-electron chi connectivity index (χ3n) is 4.73. The van der Waals surface area contributed by atoms with Gasteiger partial charge in [-0.2, -0.15) is 15.0 Å². The number of sulfone groups is 1. The number of allylic oxidation sites excluding steroid dienone is 1. The molecular weight excluding hydrogens is 402 g/mol. The van der Waals surface area contributed by atoms with Crippen LogP contribution in [0.5, 0.6) is 5.88 Å². The Labute approximate surface area is 167 Å². The van der Waals surface area contributed by atoms with E-state index in [9.17, 15) is 22.5 Å². The van der Waals surface area contributed by atoms with Crippen molar-refractivity contribution in [2.24, 2.45) is 5.92 Å². The molecule has 2 heterocycles. The Morgan fingerprint density at radius 2 is 2.21 bits per heavy atom. The summed E-state index contributed by atoms with van der Waals surface area (Å²) < 4.78 is 56.8. The number of rotatable bonds is 6. The average Bonchev–Trinajstić information content (AvgIpc) is 3.04. The molecule has 1 unspecified atom stereocenters. The molecule has 10 heteroatoms. The first-order valence-corrected chi connectivity index (χ1v) is 10.9. The molecule has 0 saturated heterocycles. The first-order chi connectivity index (χ1) is 13.7. The van der Waals surface area contributed by atoms with Crippen LogP contribution in [0.1, 0.15) is 43.4 Å². The predicted molar refractivity (Wildman–Crippen MR) is 101 cm³/mol. The molecule has 0 aromatic carbocycles. The van der Waals surface area contributed by atoms with Crippen LogP contribution in [0.3, 0.4) is 0 Å². The molecule has 1 atom stereocenters. The van der Waals surface area contributed by atoms with E-state index in [1.807, 2.05) is 0 Å². The normalized spacial score (nSPS) is 17.3. The van der Waals surface area contributed by atoms with Crippen LogP contribution < -0.4 is 4.74 Å². The first kappa shape index (κ1) is 20.9. The molecule has 0 amide bonds. The van der Waals surface area contributed by atoms with Crippen molar-refractivity contribution in [1.82, 2.24) is 14.8 Å². The molecule has 29 heavy (non-hydrogen) atoms. The number of pyridine rings is 1. The second-order valence-corrected chi connectivity index (χ2v) is 9.05. The topological polar surface area (TPSA) is 97.9 Å². The summed E-state index contributed by atoms with van der Waals surface area (Å²) in [5.74, 6) is 0.115. The standard InChI is InChI=1S/C19H20F2N4O3S/c1-12-4-3-5-13(8-12)11-28-19-15(9-22)17(18(20)21)24-25(19)16-7-6-14(10-23-16)29(2,26)27/h6-7,10,13,18H,1,3-5,8,11H2,2H3. The molecule has 2 aromatic rings. The summed E-state index contributed by atoms with van der Waals surface area (Å²) in [6.07, 6.45) is 2.80. The maximum Gasteiger partial charge on any atom is 0.283 e. The molecule has 0 aliphatic heterocycles. The molecule has 0 N–H and O–H groups in total. The van der Waals surface area contributed by atoms with Gasteiger partial charge < -0.3 is 4.74 Å². The third kappa shape index (κ3) is 4.62. The van der Waals surface area contributed by atoms with Crippen molar-refractivity contribution in [2.75, 3.05) is 12.9 Å². The number of hydrogen-bond acceptors (Lipinski definition) is 6. The maximum atomic E-state index is 13.4. The number of alkyl halides is 2. The van der Waals surface area contributed by atoms with Crippen LogP contribution in [-0.4, -0.2) is 36.0 Å². The van der Waals surface area contributed by atoms with E-state index >= 15 is 0 Å². The van der Waals surface area contributed by atoms with Crippen molar-refractivity contribution >= 4 is 9.84 Å². The van der Waals surface area contributed by atoms with Gasteiger partial charge >= 0.3 is 0 Å². The second kappa shape index (κ2) is 8.29. The first-order valence-electron chi connectivity index (χ1n) is 8.97. The fourth-order valence-electron chi connectivity index (χ4n) is 3.27. The lowest BCUT2D eigenvalue weighted by molar-refractivity contribution is 0.145. The second-order valence-electron chi connectivity index (χ2n) is 7.04. The summed E-state index contributed by atoms with van der Waals surface area (Å²) >= 11 is 0. The highest BCUT2D eigenvalue weighted by Gasteiger charge is 2.28. The quantitative estimate of drug-likeness (QED) is 0.660. The lowest BCUT2D eigenvalue weighted by Crippen LogP contribution is -2.18. The smallest absolute Gasteiger partial charge is 0.283 e. The van der Waals surface area contributed by atoms with Crippen molar-refractivity contribution in [1.29, 1.82) is 5.26 Å². The summed E-state index contributed by atoms with van der Waals surface area (Å²) in [7, 11) is -3.47. The molecule has 0 bridgehead atoms. The van der Waals surface area contributed by atoms with E-state index < -0.39 is 22.0 Å².